The Labute approximate surface area is 161 Å². The van der Waals surface area contributed by atoms with Crippen LogP contribution in [0.25, 0.3) is 6.08 Å². The summed E-state index contributed by atoms with van der Waals surface area (Å²) in [5.41, 5.74) is 3.82. The van der Waals surface area contributed by atoms with Crippen molar-refractivity contribution in [3.8, 4) is 17.2 Å². The van der Waals surface area contributed by atoms with E-state index in [0.717, 1.165) is 22.4 Å². The highest BCUT2D eigenvalue weighted by atomic mass is 32.2. The number of aryl methyl sites for hydroxylation is 2. The van der Waals surface area contributed by atoms with E-state index < -0.39 is 0 Å². The van der Waals surface area contributed by atoms with Gasteiger partial charge in [0.2, 0.25) is 12.5 Å². The summed E-state index contributed by atoms with van der Waals surface area (Å²) in [6.45, 7) is 4.17. The summed E-state index contributed by atoms with van der Waals surface area (Å²) in [7, 11) is 1.57. The van der Waals surface area contributed by atoms with E-state index in [4.69, 9.17) is 14.2 Å². The van der Waals surface area contributed by atoms with Gasteiger partial charge >= 0.3 is 0 Å². The number of hydrogen-bond donors (Lipinski definition) is 1. The predicted octanol–water partition coefficient (Wildman–Crippen LogP) is 3.93. The third-order valence-corrected chi connectivity index (χ3v) is 5.13. The molecule has 2 aromatic carbocycles. The highest BCUT2D eigenvalue weighted by molar-refractivity contribution is 8.18. The zero-order valence-electron chi connectivity index (χ0n) is 15.2. The van der Waals surface area contributed by atoms with Crippen molar-refractivity contribution < 1.29 is 19.0 Å². The number of carbonyl (C=O) groups is 1. The molecule has 4 rings (SSSR count). The Morgan fingerprint density at radius 3 is 2.89 bits per heavy atom. The van der Waals surface area contributed by atoms with Gasteiger partial charge in [0.1, 0.15) is 0 Å². The molecule has 0 spiro atoms. The molecule has 1 amide bonds. The van der Waals surface area contributed by atoms with Gasteiger partial charge in [0.25, 0.3) is 5.91 Å². The van der Waals surface area contributed by atoms with Crippen LogP contribution in [-0.4, -0.2) is 25.0 Å². The third kappa shape index (κ3) is 3.50. The average molecular weight is 382 g/mol. The minimum absolute atomic E-state index is 0.160. The normalized spacial score (nSPS) is 18.3. The zero-order chi connectivity index (χ0) is 19.0. The van der Waals surface area contributed by atoms with E-state index in [1.54, 1.807) is 13.2 Å². The molecule has 1 N–H and O–H groups in total. The number of fused-ring (bicyclic) bond motifs is 1. The van der Waals surface area contributed by atoms with Crippen LogP contribution in [0.1, 0.15) is 16.7 Å². The summed E-state index contributed by atoms with van der Waals surface area (Å²) in [5, 5.41) is 3.38. The summed E-state index contributed by atoms with van der Waals surface area (Å²) in [5.74, 6) is 1.58. The predicted molar refractivity (Wildman–Crippen MR) is 106 cm³/mol. The number of hydrogen-bond acceptors (Lipinski definition) is 6. The number of carbonyl (C=O) groups excluding carboxylic acids is 1. The first-order valence-electron chi connectivity index (χ1n) is 8.38. The number of nitrogens with zero attached hydrogens (tertiary/aromatic N) is 1. The van der Waals surface area contributed by atoms with Gasteiger partial charge in [-0.3, -0.25) is 4.79 Å². The summed E-state index contributed by atoms with van der Waals surface area (Å²) >= 11 is 1.31. The summed E-state index contributed by atoms with van der Waals surface area (Å²) < 4.78 is 16.2. The van der Waals surface area contributed by atoms with E-state index in [-0.39, 0.29) is 12.7 Å². The number of ether oxygens (including phenoxy) is 3. The van der Waals surface area contributed by atoms with Crippen LogP contribution < -0.4 is 19.5 Å². The van der Waals surface area contributed by atoms with E-state index >= 15 is 0 Å². The first kappa shape index (κ1) is 17.5. The molecule has 2 aliphatic heterocycles. The van der Waals surface area contributed by atoms with Crippen LogP contribution in [-0.2, 0) is 4.79 Å². The minimum Gasteiger partial charge on any atom is -0.493 e. The maximum atomic E-state index is 12.4. The lowest BCUT2D eigenvalue weighted by atomic mass is 10.1. The quantitative estimate of drug-likeness (QED) is 0.815. The van der Waals surface area contributed by atoms with Crippen molar-refractivity contribution in [2.75, 3.05) is 13.9 Å². The fourth-order valence-corrected chi connectivity index (χ4v) is 3.65. The molecule has 0 radical (unpaired) electrons. The fourth-order valence-electron chi connectivity index (χ4n) is 2.81. The number of amides is 1. The van der Waals surface area contributed by atoms with Gasteiger partial charge in [0.15, 0.2) is 16.7 Å². The molecular formula is C20H18N2O4S. The van der Waals surface area contributed by atoms with Gasteiger partial charge in [-0.05, 0) is 66.6 Å². The molecule has 0 saturated carbocycles. The topological polar surface area (TPSA) is 69.2 Å². The number of aliphatic imine (C=N–C) groups is 1. The van der Waals surface area contributed by atoms with E-state index in [9.17, 15) is 4.79 Å². The molecule has 0 aliphatic carbocycles. The highest BCUT2D eigenvalue weighted by Gasteiger charge is 2.25. The van der Waals surface area contributed by atoms with Gasteiger partial charge in [0.05, 0.1) is 17.7 Å². The van der Waals surface area contributed by atoms with Crippen molar-refractivity contribution in [2.45, 2.75) is 13.8 Å². The standard InChI is InChI=1S/C20H18N2O4S/c1-11-4-5-12(2)14(6-11)21-20-22-19(23)17(27-20)9-13-7-15(24-3)18-16(8-13)25-10-26-18/h4-9H,10H2,1-3H3,(H,21,22,23). The van der Waals surface area contributed by atoms with E-state index in [1.807, 2.05) is 44.2 Å². The van der Waals surface area contributed by atoms with E-state index in [2.05, 4.69) is 10.3 Å². The van der Waals surface area contributed by atoms with Crippen LogP contribution in [0.5, 0.6) is 17.2 Å². The van der Waals surface area contributed by atoms with Gasteiger partial charge in [0, 0.05) is 0 Å². The first-order valence-corrected chi connectivity index (χ1v) is 9.19. The number of benzene rings is 2. The Kier molecular flexibility index (Phi) is 4.53. The van der Waals surface area contributed by atoms with Crippen LogP contribution >= 0.6 is 11.8 Å². The largest absolute Gasteiger partial charge is 0.493 e. The molecule has 1 saturated heterocycles. The molecule has 6 nitrogen and oxygen atoms in total. The first-order chi connectivity index (χ1) is 13.0. The Bertz CT molecular complexity index is 998. The van der Waals surface area contributed by atoms with E-state index in [0.29, 0.717) is 27.3 Å². The number of thioether (sulfide) groups is 1. The number of rotatable bonds is 3. The Hall–Kier alpha value is -2.93. The summed E-state index contributed by atoms with van der Waals surface area (Å²) in [6, 6.07) is 9.70. The van der Waals surface area contributed by atoms with Gasteiger partial charge in [-0.15, -0.1) is 0 Å². The highest BCUT2D eigenvalue weighted by Crippen LogP contribution is 2.42. The van der Waals surface area contributed by atoms with E-state index in [1.165, 1.54) is 11.8 Å². The molecular weight excluding hydrogens is 364 g/mol. The maximum absolute atomic E-state index is 12.4. The van der Waals surface area contributed by atoms with Crippen molar-refractivity contribution in [3.05, 3.63) is 51.9 Å². The molecule has 2 aliphatic rings. The Morgan fingerprint density at radius 2 is 2.07 bits per heavy atom. The molecule has 138 valence electrons. The molecule has 0 aromatic heterocycles. The molecule has 0 unspecified atom stereocenters. The second-order valence-corrected chi connectivity index (χ2v) is 7.26. The van der Waals surface area contributed by atoms with Gasteiger partial charge in [-0.1, -0.05) is 12.1 Å². The molecule has 2 heterocycles. The second kappa shape index (κ2) is 7.00. The lowest BCUT2D eigenvalue weighted by Crippen LogP contribution is -2.19. The van der Waals surface area contributed by atoms with Crippen LogP contribution in [0.15, 0.2) is 40.2 Å². The van der Waals surface area contributed by atoms with Crippen LogP contribution in [0.2, 0.25) is 0 Å². The Balaban J connectivity index is 1.63. The lowest BCUT2D eigenvalue weighted by molar-refractivity contribution is -0.115. The monoisotopic (exact) mass is 382 g/mol. The smallest absolute Gasteiger partial charge is 0.264 e. The summed E-state index contributed by atoms with van der Waals surface area (Å²) in [6.07, 6.45) is 1.79. The second-order valence-electron chi connectivity index (χ2n) is 6.23. The SMILES string of the molecule is COc1cc(C=C2SC(=Nc3cc(C)ccc3C)NC2=O)cc2c1OCO2. The van der Waals surface area contributed by atoms with Crippen molar-refractivity contribution >= 4 is 34.6 Å². The summed E-state index contributed by atoms with van der Waals surface area (Å²) in [4.78, 5) is 17.5. The molecule has 0 atom stereocenters. The maximum Gasteiger partial charge on any atom is 0.264 e. The van der Waals surface area contributed by atoms with Crippen LogP contribution in [0, 0.1) is 13.8 Å². The van der Waals surface area contributed by atoms with Gasteiger partial charge in [-0.25, -0.2) is 4.99 Å². The number of nitrogens with one attached hydrogen (secondary N) is 1. The van der Waals surface area contributed by atoms with Crippen molar-refractivity contribution in [1.29, 1.82) is 0 Å². The van der Waals surface area contributed by atoms with Crippen molar-refractivity contribution in [3.63, 3.8) is 0 Å². The lowest BCUT2D eigenvalue weighted by Gasteiger charge is -2.06. The molecule has 1 fully saturated rings. The van der Waals surface area contributed by atoms with Crippen LogP contribution in [0.3, 0.4) is 0 Å². The molecule has 2 aromatic rings. The number of methoxy groups -OCH3 is 1. The third-order valence-electron chi connectivity index (χ3n) is 4.22. The minimum atomic E-state index is -0.180. The Morgan fingerprint density at radius 1 is 1.22 bits per heavy atom. The average Bonchev–Trinajstić information content (AvgIpc) is 3.24. The van der Waals surface area contributed by atoms with Gasteiger partial charge < -0.3 is 19.5 Å². The fraction of sp³-hybridized carbons (Fsp3) is 0.200. The molecule has 27 heavy (non-hydrogen) atoms. The van der Waals surface area contributed by atoms with Crippen molar-refractivity contribution in [1.82, 2.24) is 5.32 Å². The molecule has 0 bridgehead atoms. The zero-order valence-corrected chi connectivity index (χ0v) is 16.0. The number of amidine groups is 1. The molecule has 7 heteroatoms. The van der Waals surface area contributed by atoms with Crippen LogP contribution in [0.4, 0.5) is 5.69 Å². The van der Waals surface area contributed by atoms with Crippen molar-refractivity contribution in [2.24, 2.45) is 4.99 Å². The van der Waals surface area contributed by atoms with Gasteiger partial charge in [-0.2, -0.15) is 0 Å².